The molecule has 2 rings (SSSR count). The van der Waals surface area contributed by atoms with Crippen molar-refractivity contribution >= 4 is 35.6 Å². The molecule has 118 valence electrons. The summed E-state index contributed by atoms with van der Waals surface area (Å²) in [5.41, 5.74) is 7.17. The van der Waals surface area contributed by atoms with Crippen molar-refractivity contribution in [2.24, 2.45) is 16.1 Å². The van der Waals surface area contributed by atoms with E-state index in [1.807, 2.05) is 18.2 Å². The van der Waals surface area contributed by atoms with Crippen molar-refractivity contribution in [3.8, 4) is 11.5 Å². The van der Waals surface area contributed by atoms with E-state index in [1.54, 1.807) is 14.2 Å². The molecule has 5 nitrogen and oxygen atoms in total. The fourth-order valence-corrected chi connectivity index (χ4v) is 2.15. The van der Waals surface area contributed by atoms with E-state index in [1.165, 1.54) is 19.3 Å². The van der Waals surface area contributed by atoms with Gasteiger partial charge < -0.3 is 20.5 Å². The van der Waals surface area contributed by atoms with Gasteiger partial charge in [-0.3, -0.25) is 4.99 Å². The molecule has 0 heterocycles. The third kappa shape index (κ3) is 4.66. The molecule has 1 aromatic carbocycles. The van der Waals surface area contributed by atoms with Crippen LogP contribution in [0.5, 0.6) is 11.5 Å². The lowest BCUT2D eigenvalue weighted by Crippen LogP contribution is -2.24. The molecule has 3 N–H and O–H groups in total. The molecule has 0 aliphatic heterocycles. The van der Waals surface area contributed by atoms with Gasteiger partial charge in [0.15, 0.2) is 17.5 Å². The second-order valence-corrected chi connectivity index (χ2v) is 5.25. The van der Waals surface area contributed by atoms with Crippen LogP contribution < -0.4 is 20.5 Å². The minimum atomic E-state index is 0. The topological polar surface area (TPSA) is 68.9 Å². The lowest BCUT2D eigenvalue weighted by molar-refractivity contribution is 0.355. The number of ether oxygens (including phenoxy) is 2. The largest absolute Gasteiger partial charge is 0.493 e. The third-order valence-electron chi connectivity index (χ3n) is 3.95. The highest BCUT2D eigenvalue weighted by Gasteiger charge is 2.40. The molecule has 0 amide bonds. The van der Waals surface area contributed by atoms with Gasteiger partial charge in [0.1, 0.15) is 0 Å². The van der Waals surface area contributed by atoms with Crippen LogP contribution in [0.25, 0.3) is 0 Å². The van der Waals surface area contributed by atoms with Gasteiger partial charge in [0.2, 0.25) is 0 Å². The molecule has 0 radical (unpaired) electrons. The number of benzene rings is 1. The lowest BCUT2D eigenvalue weighted by atomic mass is 10.1. The minimum absolute atomic E-state index is 0. The minimum Gasteiger partial charge on any atom is -0.493 e. The number of aliphatic imine (C=N–C) groups is 1. The molecule has 0 bridgehead atoms. The van der Waals surface area contributed by atoms with Crippen LogP contribution in [0.3, 0.4) is 0 Å². The van der Waals surface area contributed by atoms with Gasteiger partial charge >= 0.3 is 0 Å². The monoisotopic (exact) mass is 405 g/mol. The highest BCUT2D eigenvalue weighted by atomic mass is 127. The molecule has 1 saturated carbocycles. The first-order chi connectivity index (χ1) is 9.62. The van der Waals surface area contributed by atoms with Crippen molar-refractivity contribution in [2.75, 3.05) is 26.1 Å². The van der Waals surface area contributed by atoms with Crippen molar-refractivity contribution < 1.29 is 9.47 Å². The van der Waals surface area contributed by atoms with Crippen LogP contribution in [0.2, 0.25) is 0 Å². The number of hydrogen-bond acceptors (Lipinski definition) is 3. The van der Waals surface area contributed by atoms with E-state index in [-0.39, 0.29) is 24.0 Å². The smallest absolute Gasteiger partial charge is 0.193 e. The zero-order chi connectivity index (χ0) is 14.6. The number of halogens is 1. The summed E-state index contributed by atoms with van der Waals surface area (Å²) >= 11 is 0. The maximum Gasteiger partial charge on any atom is 0.193 e. The summed E-state index contributed by atoms with van der Waals surface area (Å²) in [7, 11) is 3.22. The summed E-state index contributed by atoms with van der Waals surface area (Å²) in [6.07, 6.45) is 3.69. The quantitative estimate of drug-likeness (QED) is 0.433. The zero-order valence-electron chi connectivity index (χ0n) is 12.8. The van der Waals surface area contributed by atoms with Crippen LogP contribution in [-0.4, -0.2) is 26.7 Å². The molecule has 21 heavy (non-hydrogen) atoms. The number of nitrogens with two attached hydrogens (primary N) is 1. The number of methoxy groups -OCH3 is 2. The van der Waals surface area contributed by atoms with Crippen molar-refractivity contribution in [3.63, 3.8) is 0 Å². The van der Waals surface area contributed by atoms with E-state index in [4.69, 9.17) is 15.2 Å². The predicted octanol–water partition coefficient (Wildman–Crippen LogP) is 3.24. The molecule has 6 heteroatoms. The van der Waals surface area contributed by atoms with Gasteiger partial charge in [-0.05, 0) is 36.8 Å². The standard InChI is InChI=1S/C15H23N3O2.HI/c1-4-15(7-8-15)10-17-14(16)18-11-5-6-12(19-2)13(9-11)20-3;/h5-6,9H,4,7-8,10H2,1-3H3,(H3,16,17,18);1H. The van der Waals surface area contributed by atoms with Gasteiger partial charge in [-0.15, -0.1) is 24.0 Å². The highest BCUT2D eigenvalue weighted by Crippen LogP contribution is 2.48. The summed E-state index contributed by atoms with van der Waals surface area (Å²) in [5.74, 6) is 1.80. The highest BCUT2D eigenvalue weighted by molar-refractivity contribution is 14.0. The van der Waals surface area contributed by atoms with Gasteiger partial charge in [0.25, 0.3) is 0 Å². The van der Waals surface area contributed by atoms with Gasteiger partial charge in [-0.1, -0.05) is 6.92 Å². The molecule has 1 aliphatic carbocycles. The molecule has 0 atom stereocenters. The molecular weight excluding hydrogens is 381 g/mol. The second kappa shape index (κ2) is 7.72. The number of hydrogen-bond donors (Lipinski definition) is 2. The lowest BCUT2D eigenvalue weighted by Gasteiger charge is -2.12. The molecule has 0 saturated heterocycles. The van der Waals surface area contributed by atoms with Crippen LogP contribution in [-0.2, 0) is 0 Å². The second-order valence-electron chi connectivity index (χ2n) is 5.25. The van der Waals surface area contributed by atoms with E-state index in [0.29, 0.717) is 22.9 Å². The van der Waals surface area contributed by atoms with E-state index in [2.05, 4.69) is 17.2 Å². The Labute approximate surface area is 143 Å². The maximum absolute atomic E-state index is 5.92. The SMILES string of the molecule is CCC1(CN=C(N)Nc2ccc(OC)c(OC)c2)CC1.I. The van der Waals surface area contributed by atoms with E-state index in [9.17, 15) is 0 Å². The number of nitrogens with one attached hydrogen (secondary N) is 1. The maximum atomic E-state index is 5.92. The number of rotatable bonds is 6. The van der Waals surface area contributed by atoms with Gasteiger partial charge in [-0.2, -0.15) is 0 Å². The number of anilines is 1. The normalized spacial score (nSPS) is 15.9. The van der Waals surface area contributed by atoms with E-state index < -0.39 is 0 Å². The van der Waals surface area contributed by atoms with Crippen LogP contribution in [0.15, 0.2) is 23.2 Å². The Kier molecular flexibility index (Phi) is 6.57. The molecule has 0 spiro atoms. The van der Waals surface area contributed by atoms with Crippen LogP contribution in [0.4, 0.5) is 5.69 Å². The van der Waals surface area contributed by atoms with Gasteiger partial charge in [0, 0.05) is 18.3 Å². The molecule has 1 fully saturated rings. The number of guanidine groups is 1. The summed E-state index contributed by atoms with van der Waals surface area (Å²) in [6.45, 7) is 3.01. The molecule has 0 aromatic heterocycles. The van der Waals surface area contributed by atoms with Crippen LogP contribution in [0.1, 0.15) is 26.2 Å². The summed E-state index contributed by atoms with van der Waals surface area (Å²) in [5, 5.41) is 3.08. The molecular formula is C15H24IN3O2. The van der Waals surface area contributed by atoms with Crippen LogP contribution >= 0.6 is 24.0 Å². The molecule has 1 aromatic rings. The van der Waals surface area contributed by atoms with Crippen molar-refractivity contribution in [2.45, 2.75) is 26.2 Å². The summed E-state index contributed by atoms with van der Waals surface area (Å²) in [4.78, 5) is 4.43. The Balaban J connectivity index is 0.00000220. The molecule has 0 unspecified atom stereocenters. The third-order valence-corrected chi connectivity index (χ3v) is 3.95. The fraction of sp³-hybridized carbons (Fsp3) is 0.533. The predicted molar refractivity (Wildman–Crippen MR) is 97.0 cm³/mol. The van der Waals surface area contributed by atoms with E-state index >= 15 is 0 Å². The van der Waals surface area contributed by atoms with Gasteiger partial charge in [-0.25, -0.2) is 0 Å². The average molecular weight is 405 g/mol. The van der Waals surface area contributed by atoms with Crippen LogP contribution in [0, 0.1) is 5.41 Å². The zero-order valence-corrected chi connectivity index (χ0v) is 15.1. The Hall–Kier alpha value is -1.18. The van der Waals surface area contributed by atoms with Crippen molar-refractivity contribution in [1.29, 1.82) is 0 Å². The Bertz CT molecular complexity index is 502. The summed E-state index contributed by atoms with van der Waals surface area (Å²) in [6, 6.07) is 5.56. The van der Waals surface area contributed by atoms with E-state index in [0.717, 1.165) is 12.2 Å². The first-order valence-electron chi connectivity index (χ1n) is 6.91. The Morgan fingerprint density at radius 3 is 2.48 bits per heavy atom. The Morgan fingerprint density at radius 1 is 1.29 bits per heavy atom. The number of nitrogens with zero attached hydrogens (tertiary/aromatic N) is 1. The fourth-order valence-electron chi connectivity index (χ4n) is 2.15. The van der Waals surface area contributed by atoms with Crippen molar-refractivity contribution in [3.05, 3.63) is 18.2 Å². The van der Waals surface area contributed by atoms with Gasteiger partial charge in [0.05, 0.1) is 14.2 Å². The summed E-state index contributed by atoms with van der Waals surface area (Å²) < 4.78 is 10.5. The first kappa shape index (κ1) is 17.9. The average Bonchev–Trinajstić information content (AvgIpc) is 3.25. The Morgan fingerprint density at radius 2 is 1.95 bits per heavy atom. The molecule has 1 aliphatic rings. The first-order valence-corrected chi connectivity index (χ1v) is 6.91. The van der Waals surface area contributed by atoms with Crippen molar-refractivity contribution in [1.82, 2.24) is 0 Å².